The minimum Gasteiger partial charge on any atom is -0.427 e. The van der Waals surface area contributed by atoms with Gasteiger partial charge in [-0.25, -0.2) is 8.78 Å². The number of aromatic nitrogens is 2. The van der Waals surface area contributed by atoms with Crippen LogP contribution >= 0.6 is 11.3 Å². The van der Waals surface area contributed by atoms with Crippen molar-refractivity contribution in [1.29, 1.82) is 0 Å². The maximum absolute atomic E-state index is 13.2. The summed E-state index contributed by atoms with van der Waals surface area (Å²) in [4.78, 5) is 0. The zero-order valence-electron chi connectivity index (χ0n) is 7.85. The van der Waals surface area contributed by atoms with Crippen LogP contribution < -0.4 is 4.74 Å². The summed E-state index contributed by atoms with van der Waals surface area (Å²) in [5.41, 5.74) is 0. The van der Waals surface area contributed by atoms with Gasteiger partial charge in [0.1, 0.15) is 10.8 Å². The van der Waals surface area contributed by atoms with Crippen molar-refractivity contribution in [3.05, 3.63) is 34.8 Å². The lowest BCUT2D eigenvalue weighted by atomic mass is 10.3. The quantitative estimate of drug-likeness (QED) is 0.898. The number of hydrogen-bond acceptors (Lipinski definition) is 5. The Morgan fingerprint density at radius 1 is 1.31 bits per heavy atom. The van der Waals surface area contributed by atoms with Gasteiger partial charge in [-0.05, 0) is 12.1 Å². The van der Waals surface area contributed by atoms with Gasteiger partial charge < -0.3 is 9.84 Å². The van der Waals surface area contributed by atoms with Gasteiger partial charge in [0.05, 0.1) is 6.61 Å². The Bertz CT molecular complexity index is 504. The van der Waals surface area contributed by atoms with E-state index in [0.717, 1.165) is 29.5 Å². The van der Waals surface area contributed by atoms with E-state index in [2.05, 4.69) is 10.2 Å². The van der Waals surface area contributed by atoms with Crippen LogP contribution in [0.1, 0.15) is 5.01 Å². The predicted octanol–water partition coefficient (Wildman–Crippen LogP) is 2.10. The Morgan fingerprint density at radius 3 is 2.81 bits per heavy atom. The molecule has 2 rings (SSSR count). The Hall–Kier alpha value is -1.60. The second-order valence-electron chi connectivity index (χ2n) is 2.80. The third-order valence-corrected chi connectivity index (χ3v) is 2.46. The van der Waals surface area contributed by atoms with E-state index in [1.807, 2.05) is 0 Å². The molecule has 1 aromatic heterocycles. The van der Waals surface area contributed by atoms with Gasteiger partial charge in [0.25, 0.3) is 5.19 Å². The molecule has 4 nitrogen and oxygen atoms in total. The highest BCUT2D eigenvalue weighted by Crippen LogP contribution is 2.27. The molecule has 0 spiro atoms. The molecule has 2 aromatic rings. The van der Waals surface area contributed by atoms with Crippen LogP contribution in [0.2, 0.25) is 0 Å². The number of aliphatic hydroxyl groups is 1. The maximum Gasteiger partial charge on any atom is 0.299 e. The van der Waals surface area contributed by atoms with E-state index in [1.165, 1.54) is 0 Å². The molecule has 16 heavy (non-hydrogen) atoms. The predicted molar refractivity (Wildman–Crippen MR) is 52.3 cm³/mol. The number of ether oxygens (including phenoxy) is 1. The number of aliphatic hydroxyl groups excluding tert-OH is 1. The Morgan fingerprint density at radius 2 is 2.12 bits per heavy atom. The largest absolute Gasteiger partial charge is 0.427 e. The van der Waals surface area contributed by atoms with Crippen LogP contribution in [0, 0.1) is 11.6 Å². The summed E-state index contributed by atoms with van der Waals surface area (Å²) in [5.74, 6) is -1.56. The molecule has 0 fully saturated rings. The second-order valence-corrected chi connectivity index (χ2v) is 3.82. The molecule has 0 saturated carbocycles. The highest BCUT2D eigenvalue weighted by atomic mass is 32.1. The average Bonchev–Trinajstić information content (AvgIpc) is 2.71. The molecule has 1 N–H and O–H groups in total. The second kappa shape index (κ2) is 4.50. The van der Waals surface area contributed by atoms with Crippen LogP contribution in [0.4, 0.5) is 8.78 Å². The first-order valence-corrected chi connectivity index (χ1v) is 5.07. The number of benzene rings is 1. The average molecular weight is 244 g/mol. The van der Waals surface area contributed by atoms with Crippen molar-refractivity contribution in [1.82, 2.24) is 10.2 Å². The van der Waals surface area contributed by atoms with Crippen LogP contribution in [-0.2, 0) is 6.61 Å². The van der Waals surface area contributed by atoms with Gasteiger partial charge in [0, 0.05) is 6.07 Å². The van der Waals surface area contributed by atoms with Gasteiger partial charge >= 0.3 is 0 Å². The monoisotopic (exact) mass is 244 g/mol. The zero-order chi connectivity index (χ0) is 11.5. The van der Waals surface area contributed by atoms with E-state index in [-0.39, 0.29) is 17.6 Å². The summed E-state index contributed by atoms with van der Waals surface area (Å²) in [7, 11) is 0. The van der Waals surface area contributed by atoms with Crippen LogP contribution in [0.3, 0.4) is 0 Å². The Balaban J connectivity index is 2.22. The van der Waals surface area contributed by atoms with Gasteiger partial charge in [0.2, 0.25) is 0 Å². The van der Waals surface area contributed by atoms with E-state index < -0.39 is 11.6 Å². The lowest BCUT2D eigenvalue weighted by molar-refractivity contribution is 0.280. The number of rotatable bonds is 3. The summed E-state index contributed by atoms with van der Waals surface area (Å²) in [6, 6.07) is 2.86. The van der Waals surface area contributed by atoms with Crippen LogP contribution in [-0.4, -0.2) is 15.3 Å². The number of hydrogen-bond donors (Lipinski definition) is 1. The molecule has 1 aromatic carbocycles. The molecule has 0 unspecified atom stereocenters. The van der Waals surface area contributed by atoms with Crippen molar-refractivity contribution in [3.63, 3.8) is 0 Å². The molecule has 7 heteroatoms. The molecule has 1 heterocycles. The Labute approximate surface area is 93.1 Å². The van der Waals surface area contributed by atoms with Gasteiger partial charge in [-0.1, -0.05) is 16.4 Å². The van der Waals surface area contributed by atoms with Gasteiger partial charge in [0.15, 0.2) is 11.6 Å². The molecule has 0 aliphatic carbocycles. The van der Waals surface area contributed by atoms with Crippen LogP contribution in [0.15, 0.2) is 18.2 Å². The Kier molecular flexibility index (Phi) is 3.07. The standard InChI is InChI=1S/C9H6F2N2O2S/c10-5-1-2-6(11)7(3-5)15-9-13-12-8(4-14)16-9/h1-3,14H,4H2. The van der Waals surface area contributed by atoms with Crippen molar-refractivity contribution in [2.75, 3.05) is 0 Å². The number of halogens is 2. The van der Waals surface area contributed by atoms with Crippen molar-refractivity contribution < 1.29 is 18.6 Å². The maximum atomic E-state index is 13.2. The first kappa shape index (κ1) is 10.9. The SMILES string of the molecule is OCc1nnc(Oc2cc(F)ccc2F)s1. The third kappa shape index (κ3) is 2.31. The van der Waals surface area contributed by atoms with E-state index in [9.17, 15) is 8.78 Å². The topological polar surface area (TPSA) is 55.2 Å². The minimum atomic E-state index is -0.692. The van der Waals surface area contributed by atoms with E-state index in [0.29, 0.717) is 5.01 Å². The summed E-state index contributed by atoms with van der Waals surface area (Å²) < 4.78 is 31.0. The van der Waals surface area contributed by atoms with E-state index in [4.69, 9.17) is 9.84 Å². The fraction of sp³-hybridized carbons (Fsp3) is 0.111. The van der Waals surface area contributed by atoms with Crippen LogP contribution in [0.5, 0.6) is 10.9 Å². The van der Waals surface area contributed by atoms with Crippen molar-refractivity contribution in [3.8, 4) is 10.9 Å². The molecule has 0 saturated heterocycles. The molecule has 0 bridgehead atoms. The summed E-state index contributed by atoms with van der Waals surface area (Å²) in [6.45, 7) is -0.271. The smallest absolute Gasteiger partial charge is 0.299 e. The lowest BCUT2D eigenvalue weighted by Gasteiger charge is -2.01. The van der Waals surface area contributed by atoms with Gasteiger partial charge in [-0.2, -0.15) is 0 Å². The molecule has 0 atom stereocenters. The normalized spacial score (nSPS) is 10.4. The van der Waals surface area contributed by atoms with Crippen molar-refractivity contribution in [2.24, 2.45) is 0 Å². The fourth-order valence-electron chi connectivity index (χ4n) is 0.993. The summed E-state index contributed by atoms with van der Waals surface area (Å²) in [5, 5.41) is 16.2. The third-order valence-electron chi connectivity index (χ3n) is 1.67. The zero-order valence-corrected chi connectivity index (χ0v) is 8.67. The summed E-state index contributed by atoms with van der Waals surface area (Å²) >= 11 is 0.959. The van der Waals surface area contributed by atoms with Gasteiger partial charge in [-0.3, -0.25) is 0 Å². The first-order chi connectivity index (χ1) is 7.69. The molecule has 0 aliphatic rings. The fourth-order valence-corrected chi connectivity index (χ4v) is 1.55. The van der Waals surface area contributed by atoms with E-state index >= 15 is 0 Å². The molecular formula is C9H6F2N2O2S. The highest BCUT2D eigenvalue weighted by Gasteiger charge is 2.10. The highest BCUT2D eigenvalue weighted by molar-refractivity contribution is 7.13. The molecular weight excluding hydrogens is 238 g/mol. The molecule has 0 radical (unpaired) electrons. The van der Waals surface area contributed by atoms with Crippen LogP contribution in [0.25, 0.3) is 0 Å². The van der Waals surface area contributed by atoms with Crippen molar-refractivity contribution >= 4 is 11.3 Å². The first-order valence-electron chi connectivity index (χ1n) is 4.25. The minimum absolute atomic E-state index is 0.0496. The molecule has 0 aliphatic heterocycles. The molecule has 0 amide bonds. The van der Waals surface area contributed by atoms with E-state index in [1.54, 1.807) is 0 Å². The van der Waals surface area contributed by atoms with Gasteiger partial charge in [-0.15, -0.1) is 5.10 Å². The summed E-state index contributed by atoms with van der Waals surface area (Å²) in [6.07, 6.45) is 0. The van der Waals surface area contributed by atoms with Crippen molar-refractivity contribution in [2.45, 2.75) is 6.61 Å². The molecule has 84 valence electrons. The number of nitrogens with zero attached hydrogens (tertiary/aromatic N) is 2. The lowest BCUT2D eigenvalue weighted by Crippen LogP contribution is -1.89.